The van der Waals surface area contributed by atoms with Crippen molar-refractivity contribution in [3.05, 3.63) is 51.4 Å². The number of esters is 1. The van der Waals surface area contributed by atoms with Gasteiger partial charge in [0.1, 0.15) is 17.4 Å². The second-order valence-electron chi connectivity index (χ2n) is 17.3. The summed E-state index contributed by atoms with van der Waals surface area (Å²) >= 11 is 0. The summed E-state index contributed by atoms with van der Waals surface area (Å²) in [6.45, 7) is 12.3. The maximum atomic E-state index is 12.9. The van der Waals surface area contributed by atoms with Gasteiger partial charge in [0.2, 0.25) is 0 Å². The molecule has 0 unspecified atom stereocenters. The lowest BCUT2D eigenvalue weighted by Crippen LogP contribution is -2.52. The smallest absolute Gasteiger partial charge is 0.344 e. The number of carbonyl (C=O) groups is 1. The molecule has 8 atom stereocenters. The number of rotatable bonds is 9. The summed E-state index contributed by atoms with van der Waals surface area (Å²) in [6, 6.07) is 5.54. The average Bonchev–Trinajstić information content (AvgIpc) is 3.54. The van der Waals surface area contributed by atoms with Gasteiger partial charge in [-0.05, 0) is 135 Å². The van der Waals surface area contributed by atoms with Crippen molar-refractivity contribution in [3.8, 4) is 5.75 Å². The van der Waals surface area contributed by atoms with Gasteiger partial charge < -0.3 is 13.9 Å². The first kappa shape index (κ1) is 33.0. The van der Waals surface area contributed by atoms with Crippen molar-refractivity contribution < 1.29 is 18.7 Å². The van der Waals surface area contributed by atoms with Gasteiger partial charge in [-0.1, -0.05) is 65.5 Å². The normalized spacial score (nSPS) is 33.7. The second-order valence-corrected chi connectivity index (χ2v) is 17.3. The van der Waals surface area contributed by atoms with Crippen LogP contribution in [0.25, 0.3) is 11.0 Å². The van der Waals surface area contributed by atoms with Crippen LogP contribution in [-0.2, 0) is 22.4 Å². The lowest BCUT2D eigenvalue weighted by molar-refractivity contribution is -0.154. The zero-order valence-electron chi connectivity index (χ0n) is 29.7. The fourth-order valence-electron chi connectivity index (χ4n) is 11.3. The highest BCUT2D eigenvalue weighted by Crippen LogP contribution is 2.65. The van der Waals surface area contributed by atoms with Crippen LogP contribution in [0.3, 0.4) is 0 Å². The zero-order chi connectivity index (χ0) is 32.9. The number of ether oxygens (including phenoxy) is 2. The molecule has 1 aromatic carbocycles. The van der Waals surface area contributed by atoms with Gasteiger partial charge in [-0.25, -0.2) is 9.59 Å². The van der Waals surface area contributed by atoms with E-state index in [9.17, 15) is 9.59 Å². The van der Waals surface area contributed by atoms with Crippen molar-refractivity contribution in [3.63, 3.8) is 0 Å². The standard InChI is InChI=1S/C42H58O5/c1-26(2)8-6-9-27(3)28-12-17-36-35-15-13-29-22-31(18-21-42(29,5)37(35)19-20-41(36,4)24-28)46-39(43)25-45-30-14-16-33-32-10-7-11-34(32)40(44)47-38(33)23-30/h13-14,16,23,26-28,31,35-37H,6-12,15,17-22,24-25H2,1-5H3/t27-,28-,31-,35-,36+,37-,41-,42+/m1/s1. The molecule has 0 saturated heterocycles. The summed E-state index contributed by atoms with van der Waals surface area (Å²) in [5.41, 5.74) is 4.46. The Morgan fingerprint density at radius 1 is 1.00 bits per heavy atom. The van der Waals surface area contributed by atoms with Gasteiger partial charge in [-0.3, -0.25) is 0 Å². The minimum Gasteiger partial charge on any atom is -0.482 e. The zero-order valence-corrected chi connectivity index (χ0v) is 29.7. The molecule has 0 amide bonds. The number of hydrogen-bond acceptors (Lipinski definition) is 5. The number of allylic oxidation sites excluding steroid dienone is 1. The van der Waals surface area contributed by atoms with Gasteiger partial charge in [0.05, 0.1) is 0 Å². The van der Waals surface area contributed by atoms with Gasteiger partial charge >= 0.3 is 11.6 Å². The largest absolute Gasteiger partial charge is 0.482 e. The first-order chi connectivity index (χ1) is 22.5. The molecule has 2 aromatic rings. The molecule has 7 rings (SSSR count). The van der Waals surface area contributed by atoms with E-state index in [1.807, 2.05) is 12.1 Å². The average molecular weight is 643 g/mol. The van der Waals surface area contributed by atoms with Crippen LogP contribution in [0.2, 0.25) is 0 Å². The first-order valence-electron chi connectivity index (χ1n) is 19.1. The van der Waals surface area contributed by atoms with E-state index < -0.39 is 0 Å². The second kappa shape index (κ2) is 13.0. The predicted octanol–water partition coefficient (Wildman–Crippen LogP) is 10.0. The van der Waals surface area contributed by atoms with Crippen molar-refractivity contribution in [1.29, 1.82) is 0 Å². The Labute approximate surface area is 282 Å². The van der Waals surface area contributed by atoms with Crippen LogP contribution in [0.5, 0.6) is 5.75 Å². The monoisotopic (exact) mass is 642 g/mol. The Hall–Kier alpha value is -2.56. The number of benzene rings is 1. The molecule has 47 heavy (non-hydrogen) atoms. The minimum atomic E-state index is -0.327. The van der Waals surface area contributed by atoms with E-state index in [1.54, 1.807) is 6.07 Å². The molecule has 0 radical (unpaired) electrons. The van der Waals surface area contributed by atoms with Crippen molar-refractivity contribution in [1.82, 2.24) is 0 Å². The molecule has 5 aliphatic rings. The third-order valence-corrected chi connectivity index (χ3v) is 14.0. The van der Waals surface area contributed by atoms with Crippen molar-refractivity contribution in [2.75, 3.05) is 6.61 Å². The van der Waals surface area contributed by atoms with E-state index in [0.717, 1.165) is 90.5 Å². The molecule has 3 fully saturated rings. The number of carbonyl (C=O) groups excluding carboxylic acids is 1. The van der Waals surface area contributed by atoms with Crippen LogP contribution in [0, 0.1) is 46.3 Å². The van der Waals surface area contributed by atoms with Gasteiger partial charge in [0.15, 0.2) is 6.61 Å². The van der Waals surface area contributed by atoms with E-state index in [0.29, 0.717) is 16.7 Å². The molecule has 0 bridgehead atoms. The van der Waals surface area contributed by atoms with Crippen molar-refractivity contribution in [2.24, 2.45) is 46.3 Å². The van der Waals surface area contributed by atoms with Gasteiger partial charge in [-0.2, -0.15) is 0 Å². The Balaban J connectivity index is 0.940. The van der Waals surface area contributed by atoms with Gasteiger partial charge in [-0.15, -0.1) is 0 Å². The van der Waals surface area contributed by atoms with Crippen LogP contribution in [0.4, 0.5) is 0 Å². The topological polar surface area (TPSA) is 65.7 Å². The van der Waals surface area contributed by atoms with Crippen molar-refractivity contribution in [2.45, 2.75) is 137 Å². The number of aryl methyl sites for hydroxylation is 1. The predicted molar refractivity (Wildman–Crippen MR) is 188 cm³/mol. The quantitative estimate of drug-likeness (QED) is 0.155. The highest BCUT2D eigenvalue weighted by atomic mass is 16.6. The fourth-order valence-corrected chi connectivity index (χ4v) is 11.3. The third kappa shape index (κ3) is 6.34. The molecule has 0 spiro atoms. The molecule has 256 valence electrons. The molecule has 1 heterocycles. The van der Waals surface area contributed by atoms with Crippen LogP contribution >= 0.6 is 0 Å². The van der Waals surface area contributed by atoms with E-state index in [2.05, 4.69) is 40.7 Å². The number of fused-ring (bicyclic) bond motifs is 8. The van der Waals surface area contributed by atoms with E-state index >= 15 is 0 Å². The Morgan fingerprint density at radius 3 is 2.66 bits per heavy atom. The molecule has 0 N–H and O–H groups in total. The van der Waals surface area contributed by atoms with Crippen LogP contribution in [0.15, 0.2) is 39.1 Å². The van der Waals surface area contributed by atoms with Crippen LogP contribution in [0.1, 0.15) is 129 Å². The molecule has 5 aliphatic carbocycles. The van der Waals surface area contributed by atoms with E-state index in [-0.39, 0.29) is 29.7 Å². The highest BCUT2D eigenvalue weighted by molar-refractivity contribution is 5.83. The summed E-state index contributed by atoms with van der Waals surface area (Å²) in [5, 5.41) is 0.970. The fraction of sp³-hybridized carbons (Fsp3) is 0.714. The maximum Gasteiger partial charge on any atom is 0.344 e. The number of hydrogen-bond donors (Lipinski definition) is 0. The first-order valence-corrected chi connectivity index (χ1v) is 19.1. The van der Waals surface area contributed by atoms with Crippen molar-refractivity contribution >= 4 is 16.9 Å². The molecule has 0 aliphatic heterocycles. The summed E-state index contributed by atoms with van der Waals surface area (Å²) in [5.74, 6) is 5.20. The molecule has 5 nitrogen and oxygen atoms in total. The summed E-state index contributed by atoms with van der Waals surface area (Å²) in [7, 11) is 0. The summed E-state index contributed by atoms with van der Waals surface area (Å²) in [6.07, 6.45) is 20.4. The van der Waals surface area contributed by atoms with Crippen LogP contribution < -0.4 is 10.4 Å². The van der Waals surface area contributed by atoms with E-state index in [1.165, 1.54) is 63.4 Å². The Morgan fingerprint density at radius 2 is 1.83 bits per heavy atom. The SMILES string of the molecule is CC(C)CCC[C@@H](C)[C@@H]1CC[C@H]2[C@H]3CC=C4C[C@H](OC(=O)COc5ccc6c7c(c(=O)oc6c5)CCC7)CC[C@]4(C)[C@@H]3CC[C@]2(C)C1. The molecular formula is C42H58O5. The molecular weight excluding hydrogens is 584 g/mol. The lowest BCUT2D eigenvalue weighted by atomic mass is 9.44. The van der Waals surface area contributed by atoms with E-state index in [4.69, 9.17) is 13.9 Å². The minimum absolute atomic E-state index is 0.0827. The molecule has 3 saturated carbocycles. The molecule has 5 heteroatoms. The van der Waals surface area contributed by atoms with Gasteiger partial charge in [0, 0.05) is 23.4 Å². The third-order valence-electron chi connectivity index (χ3n) is 14.0. The maximum absolute atomic E-state index is 12.9. The molecule has 1 aromatic heterocycles. The summed E-state index contributed by atoms with van der Waals surface area (Å²) < 4.78 is 17.4. The summed E-state index contributed by atoms with van der Waals surface area (Å²) in [4.78, 5) is 25.3. The highest BCUT2D eigenvalue weighted by Gasteiger charge is 2.56. The lowest BCUT2D eigenvalue weighted by Gasteiger charge is -2.61. The van der Waals surface area contributed by atoms with Gasteiger partial charge in [0.25, 0.3) is 0 Å². The Bertz CT molecular complexity index is 1570. The Kier molecular flexibility index (Phi) is 9.15. The van der Waals surface area contributed by atoms with Crippen LogP contribution in [-0.4, -0.2) is 18.7 Å².